The largest absolute Gasteiger partial charge is 0.488 e. The molecule has 0 bridgehead atoms. The molecule has 6 atom stereocenters. The maximum atomic E-state index is 14.5. The molecular weight excluding hydrogens is 616 g/mol. The fraction of sp³-hybridized carbons (Fsp3) is 0.417. The number of carbonyl (C=O) groups excluding carboxylic acids is 3. The Balaban J connectivity index is 1.43. The highest BCUT2D eigenvalue weighted by Gasteiger charge is 2.61. The monoisotopic (exact) mass is 658 g/mol. The van der Waals surface area contributed by atoms with Crippen molar-refractivity contribution in [2.24, 2.45) is 5.92 Å². The molecule has 3 aromatic rings. The number of ether oxygens (including phenoxy) is 3. The van der Waals surface area contributed by atoms with E-state index < -0.39 is 65.2 Å². The van der Waals surface area contributed by atoms with Gasteiger partial charge >= 0.3 is 12.1 Å². The first-order valence-electron chi connectivity index (χ1n) is 15.9. The summed E-state index contributed by atoms with van der Waals surface area (Å²) in [5.41, 5.74) is -0.766. The minimum atomic E-state index is -1.51. The van der Waals surface area contributed by atoms with E-state index in [4.69, 9.17) is 14.2 Å². The molecule has 3 N–H and O–H groups in total. The molecule has 1 saturated heterocycles. The third kappa shape index (κ3) is 7.76. The second-order valence-electron chi connectivity index (χ2n) is 13.2. The first-order chi connectivity index (χ1) is 22.8. The van der Waals surface area contributed by atoms with Crippen LogP contribution in [0, 0.1) is 5.92 Å². The zero-order valence-electron chi connectivity index (χ0n) is 27.5. The van der Waals surface area contributed by atoms with E-state index >= 15 is 0 Å². The van der Waals surface area contributed by atoms with E-state index in [0.717, 1.165) is 10.9 Å². The van der Waals surface area contributed by atoms with Gasteiger partial charge in [0.2, 0.25) is 11.8 Å². The zero-order valence-corrected chi connectivity index (χ0v) is 27.5. The van der Waals surface area contributed by atoms with Gasteiger partial charge in [0.1, 0.15) is 35.1 Å². The van der Waals surface area contributed by atoms with Crippen molar-refractivity contribution in [1.29, 1.82) is 0 Å². The fourth-order valence-electron chi connectivity index (χ4n) is 5.94. The highest BCUT2D eigenvalue weighted by Crippen LogP contribution is 2.45. The summed E-state index contributed by atoms with van der Waals surface area (Å²) in [7, 11) is 0. The molecule has 2 aliphatic rings. The number of benzene rings is 2. The molecule has 2 heterocycles. The van der Waals surface area contributed by atoms with Gasteiger partial charge in [-0.2, -0.15) is 0 Å². The van der Waals surface area contributed by atoms with Gasteiger partial charge in [0, 0.05) is 23.9 Å². The topological polar surface area (TPSA) is 156 Å². The Labute approximate surface area is 279 Å². The van der Waals surface area contributed by atoms with E-state index in [1.165, 1.54) is 11.0 Å². The lowest BCUT2D eigenvalue weighted by atomic mass is 10.1. The Hall–Kier alpha value is -4.97. The summed E-state index contributed by atoms with van der Waals surface area (Å²) in [6.45, 7) is 10.6. The van der Waals surface area contributed by atoms with Crippen LogP contribution in [0.25, 0.3) is 10.9 Å². The molecule has 48 heavy (non-hydrogen) atoms. The number of hydrogen-bond donors (Lipinski definition) is 3. The van der Waals surface area contributed by atoms with Crippen molar-refractivity contribution in [2.75, 3.05) is 6.54 Å². The van der Waals surface area contributed by atoms with Crippen LogP contribution >= 0.6 is 0 Å². The van der Waals surface area contributed by atoms with Gasteiger partial charge in [-0.15, -0.1) is 6.58 Å². The molecular formula is C36H42N4O8. The van der Waals surface area contributed by atoms with Gasteiger partial charge in [-0.05, 0) is 57.9 Å². The number of rotatable bonds is 12. The normalized spacial score (nSPS) is 23.1. The fourth-order valence-corrected chi connectivity index (χ4v) is 5.94. The van der Waals surface area contributed by atoms with Gasteiger partial charge in [0.25, 0.3) is 0 Å². The second kappa shape index (κ2) is 14.0. The van der Waals surface area contributed by atoms with E-state index in [-0.39, 0.29) is 26.0 Å². The third-order valence-electron chi connectivity index (χ3n) is 8.54. The van der Waals surface area contributed by atoms with Crippen LogP contribution in [0.1, 0.15) is 46.1 Å². The predicted molar refractivity (Wildman–Crippen MR) is 177 cm³/mol. The quantitative estimate of drug-likeness (QED) is 0.243. The van der Waals surface area contributed by atoms with Gasteiger partial charge in [-0.1, -0.05) is 48.5 Å². The summed E-state index contributed by atoms with van der Waals surface area (Å²) in [5.74, 6) is -2.35. The number of amides is 3. The number of aromatic nitrogens is 1. The average molecular weight is 659 g/mol. The molecule has 3 unspecified atom stereocenters. The van der Waals surface area contributed by atoms with Gasteiger partial charge in [0.15, 0.2) is 0 Å². The Morgan fingerprint density at radius 3 is 2.48 bits per heavy atom. The maximum absolute atomic E-state index is 14.5. The van der Waals surface area contributed by atoms with Crippen LogP contribution in [0.4, 0.5) is 4.79 Å². The Morgan fingerprint density at radius 2 is 1.81 bits per heavy atom. The van der Waals surface area contributed by atoms with Crippen LogP contribution in [0.2, 0.25) is 0 Å². The zero-order chi connectivity index (χ0) is 34.6. The van der Waals surface area contributed by atoms with Crippen molar-refractivity contribution < 1.29 is 38.5 Å². The molecule has 254 valence electrons. The number of nitrogens with zero attached hydrogens (tertiary/aromatic N) is 2. The molecule has 1 aliphatic heterocycles. The molecule has 12 heteroatoms. The smallest absolute Gasteiger partial charge is 0.408 e. The van der Waals surface area contributed by atoms with Crippen molar-refractivity contribution in [3.05, 3.63) is 85.1 Å². The number of pyridine rings is 1. The summed E-state index contributed by atoms with van der Waals surface area (Å²) in [6.07, 6.45) is 1.05. The van der Waals surface area contributed by atoms with Gasteiger partial charge in [0.05, 0.1) is 24.8 Å². The lowest BCUT2D eigenvalue weighted by Crippen LogP contribution is -2.59. The molecule has 2 fully saturated rings. The van der Waals surface area contributed by atoms with Gasteiger partial charge in [-0.3, -0.25) is 14.6 Å². The highest BCUT2D eigenvalue weighted by atomic mass is 16.6. The van der Waals surface area contributed by atoms with E-state index in [1.54, 1.807) is 40.0 Å². The number of carboxylic acid groups (broad SMARTS) is 1. The van der Waals surface area contributed by atoms with Crippen LogP contribution in [0.5, 0.6) is 5.75 Å². The average Bonchev–Trinajstić information content (AvgIpc) is 3.61. The van der Waals surface area contributed by atoms with Crippen molar-refractivity contribution in [2.45, 2.75) is 82.6 Å². The number of fused-ring (bicyclic) bond motifs is 1. The highest BCUT2D eigenvalue weighted by molar-refractivity contribution is 5.96. The molecule has 5 rings (SSSR count). The Kier molecular flexibility index (Phi) is 10.0. The van der Waals surface area contributed by atoms with Crippen molar-refractivity contribution in [3.8, 4) is 5.75 Å². The van der Waals surface area contributed by atoms with Crippen LogP contribution in [-0.4, -0.2) is 80.8 Å². The molecule has 2 aromatic carbocycles. The summed E-state index contributed by atoms with van der Waals surface area (Å²) in [4.78, 5) is 59.3. The van der Waals surface area contributed by atoms with E-state index in [2.05, 4.69) is 22.2 Å². The number of aliphatic carboxylic acids is 1. The third-order valence-corrected chi connectivity index (χ3v) is 8.54. The SMILES string of the molecule is C=CC1CC1(NC(=O)[C@@H]1C[C@@H](Oc2ccnc3ccccc23)CN1C(=O)C(NC(=O)OC(C)(C)C)[C@@H](C)OCc1ccccc1)C(=O)O. The predicted octanol–water partition coefficient (Wildman–Crippen LogP) is 4.23. The van der Waals surface area contributed by atoms with E-state index in [1.807, 2.05) is 54.6 Å². The lowest BCUT2D eigenvalue weighted by molar-refractivity contribution is -0.146. The van der Waals surface area contributed by atoms with Crippen LogP contribution in [-0.2, 0) is 30.5 Å². The van der Waals surface area contributed by atoms with E-state index in [9.17, 15) is 24.3 Å². The molecule has 1 aromatic heterocycles. The van der Waals surface area contributed by atoms with Gasteiger partial charge in [-0.25, -0.2) is 9.59 Å². The van der Waals surface area contributed by atoms with Crippen molar-refractivity contribution >= 4 is 34.8 Å². The van der Waals surface area contributed by atoms with Crippen LogP contribution in [0.15, 0.2) is 79.5 Å². The van der Waals surface area contributed by atoms with Crippen LogP contribution in [0.3, 0.4) is 0 Å². The lowest BCUT2D eigenvalue weighted by Gasteiger charge is -2.32. The molecule has 0 spiro atoms. The minimum absolute atomic E-state index is 0.0174. The molecule has 12 nitrogen and oxygen atoms in total. The summed E-state index contributed by atoms with van der Waals surface area (Å²) in [5, 5.41) is 16.1. The summed E-state index contributed by atoms with van der Waals surface area (Å²) >= 11 is 0. The number of carbonyl (C=O) groups is 4. The number of alkyl carbamates (subject to hydrolysis) is 1. The second-order valence-corrected chi connectivity index (χ2v) is 13.2. The summed E-state index contributed by atoms with van der Waals surface area (Å²) in [6, 6.07) is 16.2. The molecule has 0 radical (unpaired) electrons. The van der Waals surface area contributed by atoms with Gasteiger partial charge < -0.3 is 34.9 Å². The first-order valence-corrected chi connectivity index (χ1v) is 15.9. The van der Waals surface area contributed by atoms with E-state index in [0.29, 0.717) is 11.3 Å². The van der Waals surface area contributed by atoms with Crippen molar-refractivity contribution in [3.63, 3.8) is 0 Å². The molecule has 3 amide bonds. The standard InChI is InChI=1S/C36H42N4O8/c1-6-24-19-36(24,33(43)44)39-31(41)28-18-25(47-29-16-17-37-27-15-11-10-14-26(27)29)20-40(28)32(42)30(38-34(45)48-35(3,4)5)22(2)46-21-23-12-8-7-9-13-23/h6-17,22,24-25,28,30H,1,18-21H2,2-5H3,(H,38,45)(H,39,41)(H,43,44)/t22-,24?,25-,28+,30?,36?/m1/s1. The summed E-state index contributed by atoms with van der Waals surface area (Å²) < 4.78 is 17.9. The first kappa shape index (κ1) is 34.4. The number of likely N-dealkylation sites (tertiary alicyclic amines) is 1. The maximum Gasteiger partial charge on any atom is 0.408 e. The Morgan fingerprint density at radius 1 is 1.10 bits per heavy atom. The number of hydrogen-bond acceptors (Lipinski definition) is 8. The number of nitrogens with one attached hydrogen (secondary N) is 2. The molecule has 1 aliphatic carbocycles. The minimum Gasteiger partial charge on any atom is -0.488 e. The Bertz CT molecular complexity index is 1670. The number of para-hydroxylation sites is 1. The van der Waals surface area contributed by atoms with Crippen molar-refractivity contribution in [1.82, 2.24) is 20.5 Å². The number of carboxylic acids is 1. The molecule has 1 saturated carbocycles. The van der Waals surface area contributed by atoms with Crippen LogP contribution < -0.4 is 15.4 Å².